The molecule has 19 heavy (non-hydrogen) atoms. The van der Waals surface area contributed by atoms with Gasteiger partial charge in [0.2, 0.25) is 0 Å². The number of carbonyl (C=O) groups excluding carboxylic acids is 1. The molecule has 1 aromatic rings. The number of amides is 1. The fourth-order valence-corrected chi connectivity index (χ4v) is 2.51. The maximum atomic E-state index is 11.6. The standard InChI is InChI=1S/C14H21N3O2/c1-10(18)11-4-7-17(8-5-11)12-3-6-16-13(9-12)14(19)15-2/h3,6,9-11,18H,4-5,7-8H2,1-2H3,(H,15,19). The van der Waals surface area contributed by atoms with Crippen molar-refractivity contribution in [3.63, 3.8) is 0 Å². The molecule has 0 bridgehead atoms. The highest BCUT2D eigenvalue weighted by molar-refractivity contribution is 5.92. The second kappa shape index (κ2) is 6.02. The van der Waals surface area contributed by atoms with Gasteiger partial charge in [-0.3, -0.25) is 9.78 Å². The first-order chi connectivity index (χ1) is 9.11. The summed E-state index contributed by atoms with van der Waals surface area (Å²) in [5, 5.41) is 12.2. The summed E-state index contributed by atoms with van der Waals surface area (Å²) in [5.41, 5.74) is 1.47. The van der Waals surface area contributed by atoms with E-state index in [1.807, 2.05) is 19.1 Å². The average Bonchev–Trinajstić information content (AvgIpc) is 2.46. The summed E-state index contributed by atoms with van der Waals surface area (Å²) < 4.78 is 0. The van der Waals surface area contributed by atoms with E-state index in [-0.39, 0.29) is 12.0 Å². The van der Waals surface area contributed by atoms with Crippen molar-refractivity contribution in [3.05, 3.63) is 24.0 Å². The molecule has 1 unspecified atom stereocenters. The number of hydrogen-bond acceptors (Lipinski definition) is 4. The van der Waals surface area contributed by atoms with Crippen LogP contribution in [0.2, 0.25) is 0 Å². The zero-order valence-corrected chi connectivity index (χ0v) is 11.5. The first-order valence-corrected chi connectivity index (χ1v) is 6.73. The molecule has 104 valence electrons. The number of aromatic nitrogens is 1. The van der Waals surface area contributed by atoms with Gasteiger partial charge in [-0.25, -0.2) is 0 Å². The molecule has 1 amide bonds. The Kier molecular flexibility index (Phi) is 4.37. The van der Waals surface area contributed by atoms with Gasteiger partial charge < -0.3 is 15.3 Å². The summed E-state index contributed by atoms with van der Waals surface area (Å²) in [4.78, 5) is 17.9. The van der Waals surface area contributed by atoms with Gasteiger partial charge in [0.15, 0.2) is 0 Å². The van der Waals surface area contributed by atoms with E-state index in [0.29, 0.717) is 11.6 Å². The number of rotatable bonds is 3. The van der Waals surface area contributed by atoms with Crippen LogP contribution in [-0.4, -0.2) is 42.2 Å². The zero-order chi connectivity index (χ0) is 13.8. The van der Waals surface area contributed by atoms with E-state index in [4.69, 9.17) is 0 Å². The van der Waals surface area contributed by atoms with Crippen LogP contribution in [0.15, 0.2) is 18.3 Å². The highest BCUT2D eigenvalue weighted by Gasteiger charge is 2.23. The summed E-state index contributed by atoms with van der Waals surface area (Å²) in [6.07, 6.45) is 3.40. The number of anilines is 1. The van der Waals surface area contributed by atoms with Crippen molar-refractivity contribution >= 4 is 11.6 Å². The van der Waals surface area contributed by atoms with Crippen LogP contribution in [0.5, 0.6) is 0 Å². The fourth-order valence-electron chi connectivity index (χ4n) is 2.51. The Morgan fingerprint density at radius 2 is 2.21 bits per heavy atom. The Bertz CT molecular complexity index is 440. The lowest BCUT2D eigenvalue weighted by Crippen LogP contribution is -2.37. The molecule has 1 aromatic heterocycles. The van der Waals surface area contributed by atoms with Crippen molar-refractivity contribution in [1.29, 1.82) is 0 Å². The first kappa shape index (κ1) is 13.8. The molecule has 1 fully saturated rings. The van der Waals surface area contributed by atoms with Crippen LogP contribution >= 0.6 is 0 Å². The van der Waals surface area contributed by atoms with Crippen molar-refractivity contribution in [1.82, 2.24) is 10.3 Å². The van der Waals surface area contributed by atoms with Crippen molar-refractivity contribution in [2.45, 2.75) is 25.9 Å². The van der Waals surface area contributed by atoms with Gasteiger partial charge in [0.1, 0.15) is 5.69 Å². The third-order valence-corrected chi connectivity index (χ3v) is 3.79. The van der Waals surface area contributed by atoms with E-state index in [2.05, 4.69) is 15.2 Å². The number of hydrogen-bond donors (Lipinski definition) is 2. The maximum Gasteiger partial charge on any atom is 0.269 e. The second-order valence-electron chi connectivity index (χ2n) is 5.04. The number of aliphatic hydroxyl groups is 1. The van der Waals surface area contributed by atoms with Crippen molar-refractivity contribution in [3.8, 4) is 0 Å². The summed E-state index contributed by atoms with van der Waals surface area (Å²) in [6.45, 7) is 3.68. The van der Waals surface area contributed by atoms with Crippen LogP contribution in [0.25, 0.3) is 0 Å². The van der Waals surface area contributed by atoms with Crippen LogP contribution in [0.3, 0.4) is 0 Å². The monoisotopic (exact) mass is 263 g/mol. The number of piperidine rings is 1. The molecule has 0 aromatic carbocycles. The summed E-state index contributed by atoms with van der Waals surface area (Å²) in [7, 11) is 1.60. The molecule has 0 spiro atoms. The van der Waals surface area contributed by atoms with Gasteiger partial charge in [0.05, 0.1) is 6.10 Å². The van der Waals surface area contributed by atoms with Gasteiger partial charge >= 0.3 is 0 Å². The Morgan fingerprint density at radius 1 is 1.53 bits per heavy atom. The Labute approximate surface area is 113 Å². The zero-order valence-electron chi connectivity index (χ0n) is 11.5. The molecule has 1 saturated heterocycles. The Hall–Kier alpha value is -1.62. The smallest absolute Gasteiger partial charge is 0.269 e. The van der Waals surface area contributed by atoms with Gasteiger partial charge in [0.25, 0.3) is 5.91 Å². The van der Waals surface area contributed by atoms with E-state index in [1.54, 1.807) is 13.2 Å². The largest absolute Gasteiger partial charge is 0.393 e. The summed E-state index contributed by atoms with van der Waals surface area (Å²) in [5.74, 6) is 0.220. The Balaban J connectivity index is 2.05. The minimum Gasteiger partial charge on any atom is -0.393 e. The predicted molar refractivity (Wildman–Crippen MR) is 74.2 cm³/mol. The number of nitrogens with zero attached hydrogens (tertiary/aromatic N) is 2. The van der Waals surface area contributed by atoms with Crippen LogP contribution in [0, 0.1) is 5.92 Å². The molecule has 1 aliphatic heterocycles. The van der Waals surface area contributed by atoms with Gasteiger partial charge in [-0.1, -0.05) is 0 Å². The highest BCUT2D eigenvalue weighted by Crippen LogP contribution is 2.25. The lowest BCUT2D eigenvalue weighted by atomic mass is 9.92. The van der Waals surface area contributed by atoms with E-state index < -0.39 is 0 Å². The molecule has 2 heterocycles. The van der Waals surface area contributed by atoms with Gasteiger partial charge in [-0.2, -0.15) is 0 Å². The van der Waals surface area contributed by atoms with E-state index in [1.165, 1.54) is 0 Å². The summed E-state index contributed by atoms with van der Waals surface area (Å²) in [6, 6.07) is 3.75. The molecule has 0 saturated carbocycles. The van der Waals surface area contributed by atoms with Crippen LogP contribution in [-0.2, 0) is 0 Å². The lowest BCUT2D eigenvalue weighted by Gasteiger charge is -2.34. The van der Waals surface area contributed by atoms with Crippen molar-refractivity contribution < 1.29 is 9.90 Å². The van der Waals surface area contributed by atoms with Gasteiger partial charge in [0, 0.05) is 32.0 Å². The molecule has 5 heteroatoms. The molecular weight excluding hydrogens is 242 g/mol. The van der Waals surface area contributed by atoms with Crippen LogP contribution in [0.4, 0.5) is 5.69 Å². The van der Waals surface area contributed by atoms with Crippen molar-refractivity contribution in [2.24, 2.45) is 5.92 Å². The quantitative estimate of drug-likeness (QED) is 0.855. The predicted octanol–water partition coefficient (Wildman–Crippen LogP) is 1.04. The number of pyridine rings is 1. The number of aliphatic hydroxyl groups excluding tert-OH is 1. The Morgan fingerprint density at radius 3 is 2.79 bits per heavy atom. The number of nitrogens with one attached hydrogen (secondary N) is 1. The summed E-state index contributed by atoms with van der Waals surface area (Å²) >= 11 is 0. The third-order valence-electron chi connectivity index (χ3n) is 3.79. The molecule has 1 aliphatic rings. The minimum atomic E-state index is -0.235. The number of carbonyl (C=O) groups is 1. The molecule has 5 nitrogen and oxygen atoms in total. The van der Waals surface area contributed by atoms with E-state index in [0.717, 1.165) is 31.6 Å². The SMILES string of the molecule is CNC(=O)c1cc(N2CCC(C(C)O)CC2)ccn1. The molecular formula is C14H21N3O2. The molecule has 0 radical (unpaired) electrons. The van der Waals surface area contributed by atoms with Gasteiger partial charge in [-0.15, -0.1) is 0 Å². The maximum absolute atomic E-state index is 11.6. The van der Waals surface area contributed by atoms with Crippen LogP contribution < -0.4 is 10.2 Å². The fraction of sp³-hybridized carbons (Fsp3) is 0.571. The second-order valence-corrected chi connectivity index (χ2v) is 5.04. The molecule has 2 rings (SSSR count). The molecule has 1 atom stereocenters. The average molecular weight is 263 g/mol. The van der Waals surface area contributed by atoms with E-state index in [9.17, 15) is 9.90 Å². The molecule has 2 N–H and O–H groups in total. The van der Waals surface area contributed by atoms with Gasteiger partial charge in [-0.05, 0) is 37.8 Å². The third kappa shape index (κ3) is 3.23. The molecule has 0 aliphatic carbocycles. The van der Waals surface area contributed by atoms with Crippen LogP contribution in [0.1, 0.15) is 30.3 Å². The topological polar surface area (TPSA) is 65.5 Å². The normalized spacial score (nSPS) is 18.2. The lowest BCUT2D eigenvalue weighted by molar-refractivity contribution is 0.0958. The van der Waals surface area contributed by atoms with E-state index >= 15 is 0 Å². The minimum absolute atomic E-state index is 0.166. The first-order valence-electron chi connectivity index (χ1n) is 6.73. The van der Waals surface area contributed by atoms with Crippen molar-refractivity contribution in [2.75, 3.05) is 25.0 Å². The highest BCUT2D eigenvalue weighted by atomic mass is 16.3.